The van der Waals surface area contributed by atoms with E-state index in [0.29, 0.717) is 28.0 Å². The van der Waals surface area contributed by atoms with Crippen LogP contribution in [-0.4, -0.2) is 56.8 Å². The number of carbonyl (C=O) groups is 1. The second kappa shape index (κ2) is 5.32. The number of alkyl halides is 3. The van der Waals surface area contributed by atoms with Gasteiger partial charge in [0, 0.05) is 30.8 Å². The van der Waals surface area contributed by atoms with Crippen molar-refractivity contribution < 1.29 is 18.0 Å². The number of hydrogen-bond acceptors (Lipinski definition) is 5. The maximum Gasteiger partial charge on any atom is 0.453 e. The van der Waals surface area contributed by atoms with Gasteiger partial charge in [-0.05, 0) is 20.8 Å². The summed E-state index contributed by atoms with van der Waals surface area (Å²) in [5.41, 5.74) is 1.31. The third-order valence-electron chi connectivity index (χ3n) is 4.49. The van der Waals surface area contributed by atoms with Gasteiger partial charge in [0.2, 0.25) is 5.91 Å². The summed E-state index contributed by atoms with van der Waals surface area (Å²) in [6, 6.07) is -0.0635. The minimum Gasteiger partial charge on any atom is -0.344 e. The Morgan fingerprint density at radius 2 is 1.83 bits per heavy atom. The largest absolute Gasteiger partial charge is 0.453 e. The second-order valence-corrected chi connectivity index (χ2v) is 6.06. The van der Waals surface area contributed by atoms with Gasteiger partial charge in [0.25, 0.3) is 5.82 Å². The zero-order valence-corrected chi connectivity index (χ0v) is 13.7. The molecule has 130 valence electrons. The number of nitrogens with zero attached hydrogens (tertiary/aromatic N) is 6. The van der Waals surface area contributed by atoms with Gasteiger partial charge in [0.05, 0.1) is 6.54 Å². The number of aryl methyl sites for hydroxylation is 1. The molecular formula is C14H17F3N6O. The quantitative estimate of drug-likeness (QED) is 0.784. The predicted molar refractivity (Wildman–Crippen MR) is 79.7 cm³/mol. The lowest BCUT2D eigenvalue weighted by atomic mass is 10.1. The molecule has 0 spiro atoms. The number of amides is 1. The molecule has 0 aliphatic carbocycles. The van der Waals surface area contributed by atoms with E-state index < -0.39 is 12.0 Å². The van der Waals surface area contributed by atoms with Crippen LogP contribution in [0.5, 0.6) is 0 Å². The highest BCUT2D eigenvalue weighted by Gasteiger charge is 2.39. The molecule has 1 amide bonds. The molecule has 1 atom stereocenters. The average Bonchev–Trinajstić information content (AvgIpc) is 2.92. The van der Waals surface area contributed by atoms with E-state index in [0.717, 1.165) is 0 Å². The van der Waals surface area contributed by atoms with Gasteiger partial charge in [0.15, 0.2) is 11.5 Å². The molecule has 0 saturated carbocycles. The highest BCUT2D eigenvalue weighted by atomic mass is 19.4. The number of rotatable bonds is 1. The van der Waals surface area contributed by atoms with Crippen molar-refractivity contribution in [1.29, 1.82) is 0 Å². The van der Waals surface area contributed by atoms with Crippen molar-refractivity contribution in [2.45, 2.75) is 33.0 Å². The molecule has 3 heterocycles. The fraction of sp³-hybridized carbons (Fsp3) is 0.571. The summed E-state index contributed by atoms with van der Waals surface area (Å²) in [6.45, 7) is 5.87. The summed E-state index contributed by atoms with van der Waals surface area (Å²) in [5.74, 6) is -0.929. The number of carbonyl (C=O) groups excluding carboxylic acids is 1. The number of halogens is 3. The third-order valence-corrected chi connectivity index (χ3v) is 4.49. The number of piperazine rings is 1. The van der Waals surface area contributed by atoms with E-state index in [1.54, 1.807) is 30.7 Å². The molecule has 1 aliphatic heterocycles. The first-order valence-corrected chi connectivity index (χ1v) is 7.41. The first kappa shape index (κ1) is 16.5. The van der Waals surface area contributed by atoms with Crippen molar-refractivity contribution in [2.24, 2.45) is 0 Å². The number of hydrogen-bond donors (Lipinski definition) is 0. The predicted octanol–water partition coefficient (Wildman–Crippen LogP) is 1.43. The highest BCUT2D eigenvalue weighted by Crippen LogP contribution is 2.31. The van der Waals surface area contributed by atoms with Crippen LogP contribution in [0.15, 0.2) is 0 Å². The zero-order valence-electron chi connectivity index (χ0n) is 13.7. The molecule has 1 unspecified atom stereocenters. The molecule has 3 rings (SSSR count). The molecule has 10 heteroatoms. The summed E-state index contributed by atoms with van der Waals surface area (Å²) in [7, 11) is 1.71. The fourth-order valence-corrected chi connectivity index (χ4v) is 2.78. The standard InChI is InChI=1S/C14H17F3N6O/c1-7-5-22(6-10(24)21(7)4)12-9(3)8(2)11-18-19-13(14(15,16)17)23(11)20-12/h7H,5-6H2,1-4H3. The smallest absolute Gasteiger partial charge is 0.344 e. The van der Waals surface area contributed by atoms with E-state index in [1.807, 2.05) is 6.92 Å². The maximum absolute atomic E-state index is 13.1. The minimum atomic E-state index is -4.66. The van der Waals surface area contributed by atoms with Gasteiger partial charge in [-0.3, -0.25) is 4.79 Å². The molecule has 2 aromatic rings. The molecule has 1 saturated heterocycles. The van der Waals surface area contributed by atoms with E-state index in [9.17, 15) is 18.0 Å². The first-order chi connectivity index (χ1) is 11.1. The van der Waals surface area contributed by atoms with E-state index >= 15 is 0 Å². The van der Waals surface area contributed by atoms with Crippen LogP contribution in [-0.2, 0) is 11.0 Å². The summed E-state index contributed by atoms with van der Waals surface area (Å²) in [5, 5.41) is 10.9. The summed E-state index contributed by atoms with van der Waals surface area (Å²) < 4.78 is 40.0. The Morgan fingerprint density at radius 1 is 1.17 bits per heavy atom. The zero-order chi connectivity index (χ0) is 17.8. The van der Waals surface area contributed by atoms with Crippen LogP contribution < -0.4 is 4.90 Å². The molecule has 0 bridgehead atoms. The fourth-order valence-electron chi connectivity index (χ4n) is 2.78. The normalized spacial score (nSPS) is 19.5. The van der Waals surface area contributed by atoms with E-state index in [1.165, 1.54) is 0 Å². The molecule has 7 nitrogen and oxygen atoms in total. The molecule has 24 heavy (non-hydrogen) atoms. The van der Waals surface area contributed by atoms with E-state index in [2.05, 4.69) is 15.3 Å². The Morgan fingerprint density at radius 3 is 2.42 bits per heavy atom. The second-order valence-electron chi connectivity index (χ2n) is 6.06. The maximum atomic E-state index is 13.1. The van der Waals surface area contributed by atoms with Gasteiger partial charge in [-0.25, -0.2) is 0 Å². The van der Waals surface area contributed by atoms with Gasteiger partial charge in [-0.2, -0.15) is 17.7 Å². The Bertz CT molecular complexity index is 815. The van der Waals surface area contributed by atoms with Crippen molar-refractivity contribution in [3.8, 4) is 0 Å². The van der Waals surface area contributed by atoms with Gasteiger partial charge in [-0.1, -0.05) is 0 Å². The topological polar surface area (TPSA) is 66.6 Å². The van der Waals surface area contributed by atoms with Crippen LogP contribution in [0.3, 0.4) is 0 Å². The average molecular weight is 342 g/mol. The Balaban J connectivity index is 2.15. The lowest BCUT2D eigenvalue weighted by Gasteiger charge is -2.38. The van der Waals surface area contributed by atoms with Gasteiger partial charge in [0.1, 0.15) is 0 Å². The molecule has 0 aromatic carbocycles. The molecule has 2 aromatic heterocycles. The summed E-state index contributed by atoms with van der Waals surface area (Å²) in [6.07, 6.45) is -4.66. The number of fused-ring (bicyclic) bond motifs is 1. The highest BCUT2D eigenvalue weighted by molar-refractivity contribution is 5.83. The number of aromatic nitrogens is 4. The number of anilines is 1. The molecule has 0 N–H and O–H groups in total. The van der Waals surface area contributed by atoms with Crippen LogP contribution in [0, 0.1) is 13.8 Å². The van der Waals surface area contributed by atoms with Gasteiger partial charge in [-0.15, -0.1) is 15.3 Å². The van der Waals surface area contributed by atoms with Crippen molar-refractivity contribution in [2.75, 3.05) is 25.0 Å². The Hall–Kier alpha value is -2.39. The van der Waals surface area contributed by atoms with Crippen molar-refractivity contribution in [1.82, 2.24) is 24.7 Å². The lowest BCUT2D eigenvalue weighted by Crippen LogP contribution is -2.54. The van der Waals surface area contributed by atoms with Crippen molar-refractivity contribution >= 4 is 17.4 Å². The molecule has 0 radical (unpaired) electrons. The van der Waals surface area contributed by atoms with Crippen LogP contribution in [0.2, 0.25) is 0 Å². The van der Waals surface area contributed by atoms with Crippen molar-refractivity contribution in [3.63, 3.8) is 0 Å². The van der Waals surface area contributed by atoms with Crippen LogP contribution in [0.1, 0.15) is 23.9 Å². The third kappa shape index (κ3) is 2.45. The SMILES string of the molecule is Cc1c(N2CC(=O)N(C)C(C)C2)nn2c(C(F)(F)F)nnc2c1C. The van der Waals surface area contributed by atoms with Crippen LogP contribution in [0.4, 0.5) is 19.0 Å². The van der Waals surface area contributed by atoms with Crippen molar-refractivity contribution in [3.05, 3.63) is 17.0 Å². The number of likely N-dealkylation sites (N-methyl/N-ethyl adjacent to an activating group) is 1. The van der Waals surface area contributed by atoms with Gasteiger partial charge < -0.3 is 9.80 Å². The minimum absolute atomic E-state index is 0.0635. The molecule has 1 fully saturated rings. The monoisotopic (exact) mass is 342 g/mol. The van der Waals surface area contributed by atoms with E-state index in [4.69, 9.17) is 0 Å². The first-order valence-electron chi connectivity index (χ1n) is 7.41. The Labute approximate surface area is 136 Å². The summed E-state index contributed by atoms with van der Waals surface area (Å²) >= 11 is 0. The molecular weight excluding hydrogens is 325 g/mol. The van der Waals surface area contributed by atoms with Crippen LogP contribution >= 0.6 is 0 Å². The Kier molecular flexibility index (Phi) is 3.65. The summed E-state index contributed by atoms with van der Waals surface area (Å²) in [4.78, 5) is 15.4. The lowest BCUT2D eigenvalue weighted by molar-refractivity contribution is -0.146. The molecule has 1 aliphatic rings. The van der Waals surface area contributed by atoms with Gasteiger partial charge >= 0.3 is 6.18 Å². The van der Waals surface area contributed by atoms with E-state index in [-0.39, 0.29) is 24.1 Å². The van der Waals surface area contributed by atoms with Crippen LogP contribution in [0.25, 0.3) is 5.65 Å².